The number of anilines is 1. The predicted octanol–water partition coefficient (Wildman–Crippen LogP) is 1.81. The molecule has 0 spiro atoms. The van der Waals surface area contributed by atoms with Gasteiger partial charge in [0.1, 0.15) is 6.10 Å². The first-order valence-corrected chi connectivity index (χ1v) is 8.01. The van der Waals surface area contributed by atoms with Crippen molar-refractivity contribution in [1.29, 1.82) is 0 Å². The van der Waals surface area contributed by atoms with Gasteiger partial charge in [-0.25, -0.2) is 4.39 Å². The molecule has 1 saturated heterocycles. The van der Waals surface area contributed by atoms with Crippen molar-refractivity contribution in [2.24, 2.45) is 0 Å². The largest absolute Gasteiger partial charge is 0.369 e. The lowest BCUT2D eigenvalue weighted by molar-refractivity contribution is 0.0250. The quantitative estimate of drug-likeness (QED) is 0.776. The number of ether oxygens (including phenoxy) is 1. The van der Waals surface area contributed by atoms with Gasteiger partial charge in [0.2, 0.25) is 0 Å². The van der Waals surface area contributed by atoms with Gasteiger partial charge in [-0.3, -0.25) is 14.9 Å². The molecular formula is C16H20FN5O2. The topological polar surface area (TPSA) is 91.9 Å². The lowest BCUT2D eigenvalue weighted by Gasteiger charge is -2.23. The predicted molar refractivity (Wildman–Crippen MR) is 86.3 cm³/mol. The van der Waals surface area contributed by atoms with Crippen molar-refractivity contribution in [1.82, 2.24) is 20.5 Å². The maximum Gasteiger partial charge on any atom is 0.276 e. The highest BCUT2D eigenvalue weighted by Gasteiger charge is 2.20. The van der Waals surface area contributed by atoms with E-state index in [1.807, 2.05) is 6.92 Å². The summed E-state index contributed by atoms with van der Waals surface area (Å²) in [4.78, 5) is 16.5. The summed E-state index contributed by atoms with van der Waals surface area (Å²) >= 11 is 0. The summed E-state index contributed by atoms with van der Waals surface area (Å²) in [6, 6.07) is 3.51. The lowest BCUT2D eigenvalue weighted by atomic mass is 10.2. The number of amides is 1. The Labute approximate surface area is 139 Å². The van der Waals surface area contributed by atoms with Crippen LogP contribution in [-0.2, 0) is 11.2 Å². The Hall–Kier alpha value is -2.32. The molecule has 2 aromatic rings. The molecule has 7 nitrogen and oxygen atoms in total. The molecule has 1 amide bonds. The Kier molecular flexibility index (Phi) is 5.17. The van der Waals surface area contributed by atoms with Gasteiger partial charge in [0.25, 0.3) is 5.91 Å². The third-order valence-electron chi connectivity index (χ3n) is 3.79. The number of morpholine rings is 1. The maximum atomic E-state index is 14.1. The van der Waals surface area contributed by atoms with Gasteiger partial charge in [-0.2, -0.15) is 5.10 Å². The van der Waals surface area contributed by atoms with E-state index in [9.17, 15) is 9.18 Å². The molecular weight excluding hydrogens is 313 g/mol. The van der Waals surface area contributed by atoms with Crippen LogP contribution in [0.25, 0.3) is 0 Å². The lowest BCUT2D eigenvalue weighted by Crippen LogP contribution is -2.33. The summed E-state index contributed by atoms with van der Waals surface area (Å²) in [5.74, 6) is -1.17. The van der Waals surface area contributed by atoms with Gasteiger partial charge < -0.3 is 15.4 Å². The van der Waals surface area contributed by atoms with Crippen LogP contribution in [0, 0.1) is 5.82 Å². The molecule has 0 aromatic carbocycles. The van der Waals surface area contributed by atoms with Crippen molar-refractivity contribution in [3.63, 3.8) is 0 Å². The molecule has 3 N–H and O–H groups in total. The molecule has 3 rings (SSSR count). The van der Waals surface area contributed by atoms with E-state index in [4.69, 9.17) is 4.74 Å². The summed E-state index contributed by atoms with van der Waals surface area (Å²) in [5, 5.41) is 12.1. The molecule has 3 heterocycles. The Morgan fingerprint density at radius 3 is 3.04 bits per heavy atom. The first-order chi connectivity index (χ1) is 11.7. The molecule has 128 valence electrons. The average molecular weight is 333 g/mol. The number of carbonyl (C=O) groups is 1. The highest BCUT2D eigenvalue weighted by molar-refractivity contribution is 6.03. The van der Waals surface area contributed by atoms with Crippen LogP contribution in [0.1, 0.15) is 41.3 Å². The zero-order chi connectivity index (χ0) is 16.9. The van der Waals surface area contributed by atoms with Gasteiger partial charge in [0.15, 0.2) is 11.5 Å². The van der Waals surface area contributed by atoms with Gasteiger partial charge >= 0.3 is 0 Å². The van der Waals surface area contributed by atoms with Crippen molar-refractivity contribution >= 4 is 11.6 Å². The molecule has 1 atom stereocenters. The zero-order valence-corrected chi connectivity index (χ0v) is 13.4. The maximum absolute atomic E-state index is 14.1. The number of hydrogen-bond donors (Lipinski definition) is 3. The van der Waals surface area contributed by atoms with Gasteiger partial charge in [0.05, 0.1) is 29.9 Å². The molecule has 24 heavy (non-hydrogen) atoms. The second kappa shape index (κ2) is 7.50. The molecule has 0 radical (unpaired) electrons. The number of halogens is 1. The molecule has 8 heteroatoms. The minimum Gasteiger partial charge on any atom is -0.369 e. The minimum atomic E-state index is -0.597. The van der Waals surface area contributed by atoms with Crippen LogP contribution in [0.15, 0.2) is 18.3 Å². The molecule has 1 aliphatic heterocycles. The van der Waals surface area contributed by atoms with Crippen molar-refractivity contribution in [3.05, 3.63) is 41.2 Å². The molecule has 2 aromatic heterocycles. The number of nitrogens with one attached hydrogen (secondary N) is 3. The average Bonchev–Trinajstić information content (AvgIpc) is 2.98. The van der Waals surface area contributed by atoms with Gasteiger partial charge in [-0.05, 0) is 18.6 Å². The summed E-state index contributed by atoms with van der Waals surface area (Å²) in [5.41, 5.74) is 1.39. The molecule has 1 aliphatic rings. The summed E-state index contributed by atoms with van der Waals surface area (Å²) in [7, 11) is 0. The second-order valence-electron chi connectivity index (χ2n) is 5.60. The highest BCUT2D eigenvalue weighted by atomic mass is 19.1. The van der Waals surface area contributed by atoms with E-state index in [0.717, 1.165) is 18.7 Å². The van der Waals surface area contributed by atoms with Crippen LogP contribution in [0.3, 0.4) is 0 Å². The molecule has 0 bridgehead atoms. The van der Waals surface area contributed by atoms with Gasteiger partial charge in [-0.1, -0.05) is 13.3 Å². The number of nitrogens with zero attached hydrogens (tertiary/aromatic N) is 2. The van der Waals surface area contributed by atoms with E-state index in [0.29, 0.717) is 25.3 Å². The number of aromatic amines is 1. The molecule has 0 saturated carbocycles. The van der Waals surface area contributed by atoms with E-state index in [2.05, 4.69) is 25.8 Å². The highest BCUT2D eigenvalue weighted by Crippen LogP contribution is 2.19. The number of hydrogen-bond acceptors (Lipinski definition) is 5. The fourth-order valence-electron chi connectivity index (χ4n) is 2.54. The third kappa shape index (κ3) is 3.60. The third-order valence-corrected chi connectivity index (χ3v) is 3.79. The smallest absolute Gasteiger partial charge is 0.276 e. The summed E-state index contributed by atoms with van der Waals surface area (Å²) in [6.07, 6.45) is 2.69. The van der Waals surface area contributed by atoms with E-state index >= 15 is 0 Å². The van der Waals surface area contributed by atoms with E-state index < -0.39 is 11.7 Å². The fourth-order valence-corrected chi connectivity index (χ4v) is 2.54. The van der Waals surface area contributed by atoms with Crippen LogP contribution in [-0.4, -0.2) is 40.8 Å². The van der Waals surface area contributed by atoms with Crippen LogP contribution in [0.4, 0.5) is 10.1 Å². The Bertz CT molecular complexity index is 695. The Balaban J connectivity index is 1.66. The summed E-state index contributed by atoms with van der Waals surface area (Å²) < 4.78 is 19.7. The first kappa shape index (κ1) is 16.5. The molecule has 1 fully saturated rings. The van der Waals surface area contributed by atoms with Crippen molar-refractivity contribution in [2.75, 3.05) is 25.0 Å². The molecule has 0 aliphatic carbocycles. The SMILES string of the molecule is CCCc1n[nH]c(C(=O)Nc2ccc([C@@H]3CNCCO3)nc2)c1F. The number of H-pyrrole nitrogens is 1. The van der Waals surface area contributed by atoms with Gasteiger partial charge in [-0.15, -0.1) is 0 Å². The zero-order valence-electron chi connectivity index (χ0n) is 13.4. The normalized spacial score (nSPS) is 17.7. The number of aryl methyl sites for hydroxylation is 1. The first-order valence-electron chi connectivity index (χ1n) is 8.01. The number of pyridine rings is 1. The van der Waals surface area contributed by atoms with Crippen molar-refractivity contribution in [3.8, 4) is 0 Å². The van der Waals surface area contributed by atoms with E-state index in [1.54, 1.807) is 12.1 Å². The van der Waals surface area contributed by atoms with E-state index in [-0.39, 0.29) is 17.5 Å². The van der Waals surface area contributed by atoms with Crippen LogP contribution >= 0.6 is 0 Å². The molecule has 0 unspecified atom stereocenters. The van der Waals surface area contributed by atoms with Crippen LogP contribution in [0.5, 0.6) is 0 Å². The minimum absolute atomic E-state index is 0.0924. The Morgan fingerprint density at radius 1 is 1.50 bits per heavy atom. The van der Waals surface area contributed by atoms with Crippen LogP contribution < -0.4 is 10.6 Å². The van der Waals surface area contributed by atoms with E-state index in [1.165, 1.54) is 6.20 Å². The standard InChI is InChI=1S/C16H20FN5O2/c1-2-3-12-14(17)15(22-21-12)16(23)20-10-4-5-11(19-8-10)13-9-18-6-7-24-13/h4-5,8,13,18H,2-3,6-7,9H2,1H3,(H,20,23)(H,21,22)/t13-/m0/s1. The fraction of sp³-hybridized carbons (Fsp3) is 0.438. The Morgan fingerprint density at radius 2 is 2.38 bits per heavy atom. The summed E-state index contributed by atoms with van der Waals surface area (Å²) in [6.45, 7) is 4.11. The van der Waals surface area contributed by atoms with Gasteiger partial charge in [0, 0.05) is 13.1 Å². The number of carbonyl (C=O) groups excluding carboxylic acids is 1. The second-order valence-corrected chi connectivity index (χ2v) is 5.60. The monoisotopic (exact) mass is 333 g/mol. The van der Waals surface area contributed by atoms with Crippen molar-refractivity contribution < 1.29 is 13.9 Å². The van der Waals surface area contributed by atoms with Crippen molar-refractivity contribution in [2.45, 2.75) is 25.9 Å². The number of aromatic nitrogens is 3. The number of rotatable bonds is 5. The van der Waals surface area contributed by atoms with Crippen LogP contribution in [0.2, 0.25) is 0 Å².